The first-order valence-electron chi connectivity index (χ1n) is 11.3. The van der Waals surface area contributed by atoms with Gasteiger partial charge in [-0.1, -0.05) is 11.6 Å². The summed E-state index contributed by atoms with van der Waals surface area (Å²) in [6.45, 7) is 1.09. The number of carbonyl (C=O) groups excluding carboxylic acids is 1. The third kappa shape index (κ3) is 4.26. The molecule has 2 amide bonds. The third-order valence-electron chi connectivity index (χ3n) is 6.31. The van der Waals surface area contributed by atoms with Crippen LogP contribution in [0.25, 0.3) is 11.3 Å². The van der Waals surface area contributed by atoms with E-state index in [1.54, 1.807) is 12.3 Å². The number of ether oxygens (including phenoxy) is 2. The van der Waals surface area contributed by atoms with Crippen molar-refractivity contribution in [3.63, 3.8) is 0 Å². The Bertz CT molecular complexity index is 1350. The number of halogens is 2. The van der Waals surface area contributed by atoms with Crippen molar-refractivity contribution in [3.8, 4) is 22.8 Å². The normalized spacial score (nSPS) is 16.6. The van der Waals surface area contributed by atoms with Crippen LogP contribution in [0, 0.1) is 5.82 Å². The van der Waals surface area contributed by atoms with Crippen LogP contribution in [-0.4, -0.2) is 64.8 Å². The number of carboxylic acid groups (broad SMARTS) is 1. The largest absolute Gasteiger partial charge is 0.493 e. The maximum Gasteiger partial charge on any atom is 0.407 e. The van der Waals surface area contributed by atoms with Crippen molar-refractivity contribution >= 4 is 35.0 Å². The number of hydrogen-bond acceptors (Lipinski definition) is 6. The fourth-order valence-corrected chi connectivity index (χ4v) is 4.74. The molecule has 12 heteroatoms. The van der Waals surface area contributed by atoms with Crippen LogP contribution in [0.1, 0.15) is 22.5 Å². The minimum Gasteiger partial charge on any atom is -0.493 e. The molecular formula is C24H23ClFN5O5. The van der Waals surface area contributed by atoms with E-state index in [1.165, 1.54) is 24.3 Å². The van der Waals surface area contributed by atoms with Crippen LogP contribution in [0.3, 0.4) is 0 Å². The van der Waals surface area contributed by atoms with Gasteiger partial charge in [0.15, 0.2) is 5.75 Å². The van der Waals surface area contributed by atoms with Crippen LogP contribution in [0.4, 0.5) is 20.6 Å². The van der Waals surface area contributed by atoms with Crippen molar-refractivity contribution in [3.05, 3.63) is 52.7 Å². The molecule has 10 nitrogen and oxygen atoms in total. The van der Waals surface area contributed by atoms with Gasteiger partial charge < -0.3 is 35.1 Å². The number of methoxy groups -OCH3 is 1. The molecule has 2 aliphatic heterocycles. The summed E-state index contributed by atoms with van der Waals surface area (Å²) in [5.41, 5.74) is 2.85. The van der Waals surface area contributed by atoms with Crippen molar-refractivity contribution in [1.29, 1.82) is 0 Å². The number of H-pyrrole nitrogens is 1. The molecule has 0 saturated carbocycles. The minimum absolute atomic E-state index is 0.0758. The molecular weight excluding hydrogens is 493 g/mol. The van der Waals surface area contributed by atoms with E-state index < -0.39 is 11.9 Å². The van der Waals surface area contributed by atoms with Crippen molar-refractivity contribution in [2.45, 2.75) is 18.9 Å². The molecule has 0 bridgehead atoms. The highest BCUT2D eigenvalue weighted by Crippen LogP contribution is 2.43. The molecule has 2 aromatic heterocycles. The van der Waals surface area contributed by atoms with E-state index in [0.717, 1.165) is 6.07 Å². The number of nitrogens with zero attached hydrogens (tertiary/aromatic N) is 2. The van der Waals surface area contributed by atoms with Crippen molar-refractivity contribution in [2.75, 3.05) is 32.1 Å². The lowest BCUT2D eigenvalue weighted by molar-refractivity contribution is 0.0500. The first-order chi connectivity index (χ1) is 17.4. The molecule has 2 aliphatic rings. The summed E-state index contributed by atoms with van der Waals surface area (Å²) >= 11 is 6.19. The van der Waals surface area contributed by atoms with E-state index in [0.29, 0.717) is 59.9 Å². The van der Waals surface area contributed by atoms with Crippen LogP contribution < -0.4 is 20.1 Å². The van der Waals surface area contributed by atoms with Crippen molar-refractivity contribution in [2.24, 2.45) is 0 Å². The Balaban J connectivity index is 1.56. The van der Waals surface area contributed by atoms with Gasteiger partial charge in [0.25, 0.3) is 5.91 Å². The second-order valence-electron chi connectivity index (χ2n) is 8.43. The topological polar surface area (TPSA) is 129 Å². The van der Waals surface area contributed by atoms with Gasteiger partial charge in [-0.3, -0.25) is 9.78 Å². The summed E-state index contributed by atoms with van der Waals surface area (Å²) in [7, 11) is 1.42. The summed E-state index contributed by atoms with van der Waals surface area (Å²) in [5.74, 6) is -0.234. The Morgan fingerprint density at radius 2 is 2.25 bits per heavy atom. The Morgan fingerprint density at radius 3 is 2.97 bits per heavy atom. The number of likely N-dealkylation sites (tertiary alicyclic amines) is 1. The zero-order valence-electron chi connectivity index (χ0n) is 19.2. The quantitative estimate of drug-likeness (QED) is 0.374. The number of hydrogen-bond donors (Lipinski definition) is 4. The van der Waals surface area contributed by atoms with E-state index in [4.69, 9.17) is 21.1 Å². The summed E-state index contributed by atoms with van der Waals surface area (Å²) in [6.07, 6.45) is 3.39. The molecule has 188 valence electrons. The number of aromatic nitrogens is 2. The first-order valence-corrected chi connectivity index (χ1v) is 11.6. The average molecular weight is 516 g/mol. The molecule has 0 radical (unpaired) electrons. The highest BCUT2D eigenvalue weighted by molar-refractivity contribution is 6.32. The van der Waals surface area contributed by atoms with Gasteiger partial charge in [-0.25, -0.2) is 9.18 Å². The number of rotatable bonds is 7. The zero-order valence-corrected chi connectivity index (χ0v) is 20.0. The molecule has 5 rings (SSSR count). The molecule has 0 spiro atoms. The van der Waals surface area contributed by atoms with Crippen LogP contribution in [0.15, 0.2) is 30.6 Å². The predicted molar refractivity (Wildman–Crippen MR) is 130 cm³/mol. The number of aromatic amines is 1. The molecule has 1 saturated heterocycles. The molecule has 0 aliphatic carbocycles. The van der Waals surface area contributed by atoms with E-state index in [2.05, 4.69) is 20.6 Å². The molecule has 1 atom stereocenters. The van der Waals surface area contributed by atoms with Gasteiger partial charge in [-0.05, 0) is 18.6 Å². The maximum atomic E-state index is 14.2. The van der Waals surface area contributed by atoms with Crippen LogP contribution in [0.2, 0.25) is 5.02 Å². The molecule has 0 unspecified atom stereocenters. The third-order valence-corrected chi connectivity index (χ3v) is 6.59. The van der Waals surface area contributed by atoms with Gasteiger partial charge in [0.05, 0.1) is 47.0 Å². The van der Waals surface area contributed by atoms with E-state index in [9.17, 15) is 19.1 Å². The SMILES string of the molecule is COc1c(Cl)cc(F)cc1Nc1c(-c2ccncc2OC[C@H]2CCN2C(=O)O)[nH]c2c1C(=O)NCC2. The Hall–Kier alpha value is -3.99. The van der Waals surface area contributed by atoms with Gasteiger partial charge >= 0.3 is 6.09 Å². The predicted octanol–water partition coefficient (Wildman–Crippen LogP) is 4.04. The van der Waals surface area contributed by atoms with Crippen LogP contribution >= 0.6 is 11.6 Å². The van der Waals surface area contributed by atoms with Gasteiger partial charge in [0, 0.05) is 43.0 Å². The fraction of sp³-hybridized carbons (Fsp3) is 0.292. The van der Waals surface area contributed by atoms with Crippen LogP contribution in [0.5, 0.6) is 11.5 Å². The van der Waals surface area contributed by atoms with Gasteiger partial charge in [0.1, 0.15) is 18.2 Å². The van der Waals surface area contributed by atoms with Gasteiger partial charge in [0.2, 0.25) is 0 Å². The Kier molecular flexibility index (Phi) is 6.31. The average Bonchev–Trinajstić information content (AvgIpc) is 3.17. The number of fused-ring (bicyclic) bond motifs is 1. The monoisotopic (exact) mass is 515 g/mol. The lowest BCUT2D eigenvalue weighted by Crippen LogP contribution is -2.53. The van der Waals surface area contributed by atoms with E-state index in [1.807, 2.05) is 0 Å². The lowest BCUT2D eigenvalue weighted by Gasteiger charge is -2.38. The first kappa shape index (κ1) is 23.7. The van der Waals surface area contributed by atoms with Gasteiger partial charge in [-0.2, -0.15) is 0 Å². The lowest BCUT2D eigenvalue weighted by atomic mass is 10.0. The molecule has 4 N–H and O–H groups in total. The van der Waals surface area contributed by atoms with E-state index >= 15 is 0 Å². The standard InChI is InChI=1S/C24H23ClFN5O5/c1-35-22-15(25)8-12(26)9-17(22)30-21-19-16(3-6-28-23(19)32)29-20(21)14-2-5-27-10-18(14)36-11-13-4-7-31(13)24(33)34/h2,5,8-10,13,29-30H,3-4,6-7,11H2,1H3,(H,28,32)(H,33,34)/t13-/m1/s1. The summed E-state index contributed by atoms with van der Waals surface area (Å²) in [4.78, 5) is 33.0. The number of carbonyl (C=O) groups is 2. The number of nitrogens with one attached hydrogen (secondary N) is 3. The summed E-state index contributed by atoms with van der Waals surface area (Å²) < 4.78 is 25.6. The van der Waals surface area contributed by atoms with Crippen molar-refractivity contribution < 1.29 is 28.6 Å². The Morgan fingerprint density at radius 1 is 1.42 bits per heavy atom. The number of pyridine rings is 1. The second-order valence-corrected chi connectivity index (χ2v) is 8.84. The highest BCUT2D eigenvalue weighted by Gasteiger charge is 2.33. The highest BCUT2D eigenvalue weighted by atomic mass is 35.5. The smallest absolute Gasteiger partial charge is 0.407 e. The zero-order chi connectivity index (χ0) is 25.4. The van der Waals surface area contributed by atoms with Gasteiger partial charge in [-0.15, -0.1) is 0 Å². The number of amides is 2. The molecule has 1 fully saturated rings. The van der Waals surface area contributed by atoms with E-state index in [-0.39, 0.29) is 35.0 Å². The second kappa shape index (κ2) is 9.57. The number of benzene rings is 1. The summed E-state index contributed by atoms with van der Waals surface area (Å²) in [6, 6.07) is 3.84. The Labute approximate surface area is 210 Å². The molecule has 36 heavy (non-hydrogen) atoms. The van der Waals surface area contributed by atoms with Crippen LogP contribution in [-0.2, 0) is 6.42 Å². The molecule has 1 aromatic carbocycles. The minimum atomic E-state index is -0.987. The molecule has 4 heterocycles. The maximum absolute atomic E-state index is 14.2. The number of anilines is 2. The van der Waals surface area contributed by atoms with Crippen molar-refractivity contribution in [1.82, 2.24) is 20.2 Å². The molecule has 3 aromatic rings. The fourth-order valence-electron chi connectivity index (χ4n) is 4.46. The summed E-state index contributed by atoms with van der Waals surface area (Å²) in [5, 5.41) is 15.3.